The average Bonchev–Trinajstić information content (AvgIpc) is 3.03. The van der Waals surface area contributed by atoms with Crippen LogP contribution in [-0.4, -0.2) is 10.5 Å². The Morgan fingerprint density at radius 2 is 1.54 bits per heavy atom. The van der Waals surface area contributed by atoms with Gasteiger partial charge in [0, 0.05) is 34.7 Å². The molecule has 0 aliphatic carbocycles. The molecule has 0 radical (unpaired) electrons. The molecule has 0 aliphatic heterocycles. The molecule has 0 unspecified atom stereocenters. The van der Waals surface area contributed by atoms with E-state index in [0.29, 0.717) is 5.69 Å². The van der Waals surface area contributed by atoms with E-state index in [4.69, 9.17) is 0 Å². The van der Waals surface area contributed by atoms with Gasteiger partial charge in [-0.3, -0.25) is 4.79 Å². The topological polar surface area (TPSA) is 46.1 Å². The van der Waals surface area contributed by atoms with Crippen LogP contribution in [0.5, 0.6) is 0 Å². The van der Waals surface area contributed by atoms with E-state index in [0.717, 1.165) is 21.5 Å². The Morgan fingerprint density at radius 3 is 2.08 bits per heavy atom. The van der Waals surface area contributed by atoms with Gasteiger partial charge in [-0.15, -0.1) is 0 Å². The van der Waals surface area contributed by atoms with Gasteiger partial charge >= 0.3 is 0 Å². The van der Waals surface area contributed by atoms with Crippen molar-refractivity contribution in [2.24, 2.45) is 7.05 Å². The fraction of sp³-hybridized carbons (Fsp3) is 0.105. The highest BCUT2D eigenvalue weighted by Gasteiger charge is 2.08. The van der Waals surface area contributed by atoms with Crippen molar-refractivity contribution >= 4 is 45.6 Å². The predicted molar refractivity (Wildman–Crippen MR) is 107 cm³/mol. The number of amides is 1. The van der Waals surface area contributed by atoms with Gasteiger partial charge in [0.2, 0.25) is 0 Å². The quantitative estimate of drug-likeness (QED) is 0.444. The van der Waals surface area contributed by atoms with Crippen molar-refractivity contribution in [3.05, 3.63) is 78.1 Å². The largest absolute Gasteiger partial charge is 0.356 e. The van der Waals surface area contributed by atoms with Gasteiger partial charge in [-0.2, -0.15) is 0 Å². The van der Waals surface area contributed by atoms with Crippen LogP contribution < -0.4 is 10.6 Å². The van der Waals surface area contributed by atoms with E-state index in [1.165, 1.54) is 5.56 Å². The Kier molecular flexibility index (Phi) is 5.20. The number of nitrogens with zero attached hydrogens (tertiary/aromatic N) is 1. The zero-order valence-electron chi connectivity index (χ0n) is 13.3. The van der Waals surface area contributed by atoms with Crippen LogP contribution in [0.3, 0.4) is 0 Å². The lowest BCUT2D eigenvalue weighted by molar-refractivity contribution is 0.101. The van der Waals surface area contributed by atoms with E-state index in [1.54, 1.807) is 10.6 Å². The lowest BCUT2D eigenvalue weighted by Crippen LogP contribution is -2.15. The number of aromatic nitrogens is 1. The summed E-state index contributed by atoms with van der Waals surface area (Å²) in [4.78, 5) is 12.2. The third kappa shape index (κ3) is 3.97. The monoisotopic (exact) mass is 431 g/mol. The van der Waals surface area contributed by atoms with Crippen LogP contribution in [0.15, 0.2) is 66.9 Å². The Morgan fingerprint density at radius 1 is 0.958 bits per heavy atom. The van der Waals surface area contributed by atoms with E-state index in [2.05, 4.69) is 57.5 Å². The summed E-state index contributed by atoms with van der Waals surface area (Å²) in [5.41, 5.74) is 4.73. The van der Waals surface area contributed by atoms with Gasteiger partial charge < -0.3 is 15.2 Å². The first kappa shape index (κ1) is 16.6. The molecule has 1 heterocycles. The summed E-state index contributed by atoms with van der Waals surface area (Å²) >= 11 is 2.35. The van der Waals surface area contributed by atoms with Crippen LogP contribution >= 0.6 is 22.6 Å². The Bertz CT molecular complexity index is 823. The standard InChI is InChI=1S/C19H18IN3O/c1-23-12-2-3-18(23)19(24)22-17-10-8-16(9-11-17)21-15-6-4-14(13-20)5-7-15/h2-12,21H,13H2,1H3,(H,22,24). The van der Waals surface area contributed by atoms with Crippen molar-refractivity contribution in [3.8, 4) is 0 Å². The SMILES string of the molecule is Cn1cccc1C(=O)Nc1ccc(Nc2ccc(CI)cc2)cc1. The summed E-state index contributed by atoms with van der Waals surface area (Å²) in [6.45, 7) is 0. The smallest absolute Gasteiger partial charge is 0.272 e. The second kappa shape index (κ2) is 7.53. The van der Waals surface area contributed by atoms with Crippen molar-refractivity contribution in [1.82, 2.24) is 4.57 Å². The van der Waals surface area contributed by atoms with Gasteiger partial charge in [-0.25, -0.2) is 0 Å². The minimum Gasteiger partial charge on any atom is -0.356 e. The molecule has 24 heavy (non-hydrogen) atoms. The van der Waals surface area contributed by atoms with Crippen molar-refractivity contribution in [2.75, 3.05) is 10.6 Å². The van der Waals surface area contributed by atoms with E-state index in [-0.39, 0.29) is 5.91 Å². The number of hydrogen-bond donors (Lipinski definition) is 2. The molecule has 0 saturated heterocycles. The van der Waals surface area contributed by atoms with Crippen LogP contribution in [0, 0.1) is 0 Å². The summed E-state index contributed by atoms with van der Waals surface area (Å²) in [6, 6.07) is 19.7. The molecule has 0 atom stereocenters. The molecule has 0 bridgehead atoms. The van der Waals surface area contributed by atoms with Crippen molar-refractivity contribution in [1.29, 1.82) is 0 Å². The van der Waals surface area contributed by atoms with Crippen LogP contribution in [0.4, 0.5) is 17.1 Å². The second-order valence-corrected chi connectivity index (χ2v) is 6.25. The number of halogens is 1. The van der Waals surface area contributed by atoms with Crippen LogP contribution in [0.1, 0.15) is 16.1 Å². The average molecular weight is 431 g/mol. The minimum absolute atomic E-state index is 0.113. The molecule has 2 aromatic carbocycles. The Hall–Kier alpha value is -2.28. The van der Waals surface area contributed by atoms with Gasteiger partial charge in [0.05, 0.1) is 0 Å². The predicted octanol–water partition coefficient (Wildman–Crippen LogP) is 4.96. The maximum atomic E-state index is 12.2. The highest BCUT2D eigenvalue weighted by atomic mass is 127. The van der Waals surface area contributed by atoms with E-state index in [9.17, 15) is 4.79 Å². The van der Waals surface area contributed by atoms with E-state index < -0.39 is 0 Å². The molecule has 1 aromatic heterocycles. The molecule has 0 spiro atoms. The summed E-state index contributed by atoms with van der Waals surface area (Å²) < 4.78 is 2.80. The fourth-order valence-corrected chi connectivity index (χ4v) is 2.88. The molecule has 3 aromatic rings. The highest BCUT2D eigenvalue weighted by molar-refractivity contribution is 14.1. The molecule has 5 heteroatoms. The first-order valence-electron chi connectivity index (χ1n) is 7.60. The number of nitrogens with one attached hydrogen (secondary N) is 2. The summed E-state index contributed by atoms with van der Waals surface area (Å²) in [7, 11) is 1.85. The first-order valence-corrected chi connectivity index (χ1v) is 9.13. The molecule has 0 saturated carbocycles. The Labute approximate surface area is 155 Å². The lowest BCUT2D eigenvalue weighted by atomic mass is 10.2. The number of carbonyl (C=O) groups excluding carboxylic acids is 1. The highest BCUT2D eigenvalue weighted by Crippen LogP contribution is 2.20. The normalized spacial score (nSPS) is 10.4. The van der Waals surface area contributed by atoms with Crippen molar-refractivity contribution in [3.63, 3.8) is 0 Å². The summed E-state index contributed by atoms with van der Waals surface area (Å²) in [5.74, 6) is -0.113. The third-order valence-electron chi connectivity index (χ3n) is 3.72. The van der Waals surface area contributed by atoms with Crippen molar-refractivity contribution < 1.29 is 4.79 Å². The molecule has 4 nitrogen and oxygen atoms in total. The number of carbonyl (C=O) groups is 1. The second-order valence-electron chi connectivity index (χ2n) is 5.49. The number of rotatable bonds is 5. The summed E-state index contributed by atoms with van der Waals surface area (Å²) in [5, 5.41) is 6.26. The number of anilines is 3. The first-order chi connectivity index (χ1) is 11.7. The van der Waals surface area contributed by atoms with Gasteiger partial charge in [0.1, 0.15) is 5.69 Å². The molecular formula is C19H18IN3O. The number of alkyl halides is 1. The fourth-order valence-electron chi connectivity index (χ4n) is 2.37. The Balaban J connectivity index is 1.64. The maximum absolute atomic E-state index is 12.2. The molecule has 0 fully saturated rings. The molecule has 1 amide bonds. The van der Waals surface area contributed by atoms with Crippen molar-refractivity contribution in [2.45, 2.75) is 4.43 Å². The molecular weight excluding hydrogens is 413 g/mol. The van der Waals surface area contributed by atoms with Gasteiger partial charge in [0.25, 0.3) is 5.91 Å². The zero-order valence-corrected chi connectivity index (χ0v) is 15.4. The summed E-state index contributed by atoms with van der Waals surface area (Å²) in [6.07, 6.45) is 1.85. The van der Waals surface area contributed by atoms with Crippen LogP contribution in [0.25, 0.3) is 0 Å². The zero-order chi connectivity index (χ0) is 16.9. The molecule has 3 rings (SSSR count). The molecule has 122 valence electrons. The number of hydrogen-bond acceptors (Lipinski definition) is 2. The van der Waals surface area contributed by atoms with Gasteiger partial charge in [-0.1, -0.05) is 34.7 Å². The minimum atomic E-state index is -0.113. The van der Waals surface area contributed by atoms with Gasteiger partial charge in [0.15, 0.2) is 0 Å². The number of aryl methyl sites for hydroxylation is 1. The maximum Gasteiger partial charge on any atom is 0.272 e. The molecule has 0 aliphatic rings. The van der Waals surface area contributed by atoms with Crippen LogP contribution in [-0.2, 0) is 11.5 Å². The molecule has 2 N–H and O–H groups in total. The van der Waals surface area contributed by atoms with E-state index in [1.807, 2.05) is 43.6 Å². The van der Waals surface area contributed by atoms with Gasteiger partial charge in [-0.05, 0) is 54.1 Å². The van der Waals surface area contributed by atoms with E-state index >= 15 is 0 Å². The number of benzene rings is 2. The lowest BCUT2D eigenvalue weighted by Gasteiger charge is -2.09. The van der Waals surface area contributed by atoms with Crippen LogP contribution in [0.2, 0.25) is 0 Å². The third-order valence-corrected chi connectivity index (χ3v) is 4.60.